The molecule has 2 amide bonds. The number of amides is 2. The average Bonchev–Trinajstić information content (AvgIpc) is 2.47. The van der Waals surface area contributed by atoms with Gasteiger partial charge in [-0.2, -0.15) is 0 Å². The molecule has 0 bridgehead atoms. The van der Waals surface area contributed by atoms with E-state index in [-0.39, 0.29) is 16.6 Å². The lowest BCUT2D eigenvalue weighted by Crippen LogP contribution is -2.31. The Balaban J connectivity index is 2.13. The molecular weight excluding hydrogens is 292 g/mol. The smallest absolute Gasteiger partial charge is 0.337 e. The second kappa shape index (κ2) is 6.28. The van der Waals surface area contributed by atoms with Gasteiger partial charge >= 0.3 is 12.0 Å². The molecule has 2 aromatic rings. The van der Waals surface area contributed by atoms with Crippen molar-refractivity contribution in [1.29, 1.82) is 0 Å². The SMILES string of the molecule is CN(C(=O)Nc1ccc(C(=O)O)c(Cl)c1)c1ccccc1. The molecule has 2 aromatic carbocycles. The van der Waals surface area contributed by atoms with Crippen molar-refractivity contribution in [2.75, 3.05) is 17.3 Å². The van der Waals surface area contributed by atoms with Gasteiger partial charge in [-0.15, -0.1) is 0 Å². The number of hydrogen-bond donors (Lipinski definition) is 2. The average molecular weight is 305 g/mol. The van der Waals surface area contributed by atoms with Crippen LogP contribution in [0, 0.1) is 0 Å². The fraction of sp³-hybridized carbons (Fsp3) is 0.0667. The highest BCUT2D eigenvalue weighted by Gasteiger charge is 2.13. The van der Waals surface area contributed by atoms with Crippen LogP contribution in [0.5, 0.6) is 0 Å². The van der Waals surface area contributed by atoms with E-state index in [1.54, 1.807) is 19.2 Å². The summed E-state index contributed by atoms with van der Waals surface area (Å²) in [4.78, 5) is 24.4. The van der Waals surface area contributed by atoms with E-state index in [1.807, 2.05) is 18.2 Å². The molecule has 108 valence electrons. The Bertz CT molecular complexity index is 674. The molecule has 2 N–H and O–H groups in total. The van der Waals surface area contributed by atoms with Gasteiger partial charge in [0.05, 0.1) is 10.6 Å². The third-order valence-corrected chi connectivity index (χ3v) is 3.21. The predicted molar refractivity (Wildman–Crippen MR) is 82.3 cm³/mol. The number of anilines is 2. The maximum absolute atomic E-state index is 12.1. The zero-order chi connectivity index (χ0) is 15.4. The summed E-state index contributed by atoms with van der Waals surface area (Å²) in [5.41, 5.74) is 1.16. The van der Waals surface area contributed by atoms with E-state index in [0.717, 1.165) is 5.69 Å². The number of nitrogens with one attached hydrogen (secondary N) is 1. The molecule has 0 aliphatic rings. The minimum Gasteiger partial charge on any atom is -0.478 e. The summed E-state index contributed by atoms with van der Waals surface area (Å²) in [6, 6.07) is 13.0. The molecule has 0 aliphatic carbocycles. The van der Waals surface area contributed by atoms with Gasteiger partial charge in [0, 0.05) is 18.4 Å². The standard InChI is InChI=1S/C15H13ClN2O3/c1-18(11-5-3-2-4-6-11)15(21)17-10-7-8-12(14(19)20)13(16)9-10/h2-9H,1H3,(H,17,21)(H,19,20). The lowest BCUT2D eigenvalue weighted by Gasteiger charge is -2.18. The Morgan fingerprint density at radius 1 is 1.14 bits per heavy atom. The minimum absolute atomic E-state index is 0.00826. The number of benzene rings is 2. The molecule has 2 rings (SSSR count). The Hall–Kier alpha value is -2.53. The lowest BCUT2D eigenvalue weighted by molar-refractivity contribution is 0.0697. The fourth-order valence-electron chi connectivity index (χ4n) is 1.74. The van der Waals surface area contributed by atoms with Crippen LogP contribution in [0.15, 0.2) is 48.5 Å². The summed E-state index contributed by atoms with van der Waals surface area (Å²) in [6.07, 6.45) is 0. The highest BCUT2D eigenvalue weighted by Crippen LogP contribution is 2.22. The van der Waals surface area contributed by atoms with Crippen LogP contribution < -0.4 is 10.2 Å². The number of urea groups is 1. The number of carbonyl (C=O) groups is 2. The van der Waals surface area contributed by atoms with Crippen LogP contribution in [-0.2, 0) is 0 Å². The molecular formula is C15H13ClN2O3. The molecule has 0 unspecified atom stereocenters. The van der Waals surface area contributed by atoms with Gasteiger partial charge in [0.2, 0.25) is 0 Å². The molecule has 0 saturated heterocycles. The number of nitrogens with zero attached hydrogens (tertiary/aromatic N) is 1. The summed E-state index contributed by atoms with van der Waals surface area (Å²) < 4.78 is 0. The highest BCUT2D eigenvalue weighted by molar-refractivity contribution is 6.33. The summed E-state index contributed by atoms with van der Waals surface area (Å²) >= 11 is 5.86. The van der Waals surface area contributed by atoms with E-state index in [9.17, 15) is 9.59 Å². The summed E-state index contributed by atoms with van der Waals surface area (Å²) in [5.74, 6) is -1.11. The first-order valence-corrected chi connectivity index (χ1v) is 6.49. The fourth-order valence-corrected chi connectivity index (χ4v) is 2.00. The number of para-hydroxylation sites is 1. The van der Waals surface area contributed by atoms with E-state index < -0.39 is 5.97 Å². The van der Waals surface area contributed by atoms with E-state index in [1.165, 1.54) is 23.1 Å². The second-order valence-electron chi connectivity index (χ2n) is 4.32. The van der Waals surface area contributed by atoms with E-state index in [0.29, 0.717) is 5.69 Å². The van der Waals surface area contributed by atoms with Crippen molar-refractivity contribution in [3.05, 3.63) is 59.1 Å². The highest BCUT2D eigenvalue weighted by atomic mass is 35.5. The van der Waals surface area contributed by atoms with Crippen molar-refractivity contribution >= 4 is 35.0 Å². The predicted octanol–water partition coefficient (Wildman–Crippen LogP) is 3.71. The van der Waals surface area contributed by atoms with Gasteiger partial charge in [-0.05, 0) is 30.3 Å². The number of carboxylic acids is 1. The number of carboxylic acid groups (broad SMARTS) is 1. The zero-order valence-electron chi connectivity index (χ0n) is 11.2. The minimum atomic E-state index is -1.11. The Labute approximate surface area is 126 Å². The van der Waals surface area contributed by atoms with Gasteiger partial charge in [-0.25, -0.2) is 9.59 Å². The maximum Gasteiger partial charge on any atom is 0.337 e. The van der Waals surface area contributed by atoms with Crippen LogP contribution in [0.25, 0.3) is 0 Å². The van der Waals surface area contributed by atoms with Crippen molar-refractivity contribution in [2.45, 2.75) is 0 Å². The largest absolute Gasteiger partial charge is 0.478 e. The van der Waals surface area contributed by atoms with Crippen molar-refractivity contribution in [3.8, 4) is 0 Å². The van der Waals surface area contributed by atoms with Gasteiger partial charge in [0.1, 0.15) is 0 Å². The van der Waals surface area contributed by atoms with Crippen LogP contribution in [0.3, 0.4) is 0 Å². The van der Waals surface area contributed by atoms with Crippen molar-refractivity contribution in [3.63, 3.8) is 0 Å². The van der Waals surface area contributed by atoms with Crippen LogP contribution in [0.1, 0.15) is 10.4 Å². The molecule has 0 aromatic heterocycles. The first kappa shape index (κ1) is 14.9. The normalized spacial score (nSPS) is 10.0. The zero-order valence-corrected chi connectivity index (χ0v) is 12.0. The third kappa shape index (κ3) is 3.52. The van der Waals surface area contributed by atoms with Gasteiger partial charge in [-0.1, -0.05) is 29.8 Å². The maximum atomic E-state index is 12.1. The summed E-state index contributed by atoms with van der Waals surface area (Å²) in [7, 11) is 1.64. The molecule has 0 radical (unpaired) electrons. The molecule has 0 heterocycles. The first-order valence-electron chi connectivity index (χ1n) is 6.11. The molecule has 0 spiro atoms. The number of aromatic carboxylic acids is 1. The number of halogens is 1. The van der Waals surface area contributed by atoms with E-state index in [4.69, 9.17) is 16.7 Å². The van der Waals surface area contributed by atoms with Gasteiger partial charge in [-0.3, -0.25) is 4.90 Å². The Morgan fingerprint density at radius 3 is 2.38 bits per heavy atom. The molecule has 0 fully saturated rings. The lowest BCUT2D eigenvalue weighted by atomic mass is 10.2. The van der Waals surface area contributed by atoms with E-state index in [2.05, 4.69) is 5.32 Å². The van der Waals surface area contributed by atoms with Crippen LogP contribution >= 0.6 is 11.6 Å². The summed E-state index contributed by atoms with van der Waals surface area (Å²) in [6.45, 7) is 0. The number of rotatable bonds is 3. The van der Waals surface area contributed by atoms with Gasteiger partial charge in [0.15, 0.2) is 0 Å². The van der Waals surface area contributed by atoms with E-state index >= 15 is 0 Å². The summed E-state index contributed by atoms with van der Waals surface area (Å²) in [5, 5.41) is 11.6. The quantitative estimate of drug-likeness (QED) is 0.908. The molecule has 0 saturated carbocycles. The van der Waals surface area contributed by atoms with Gasteiger partial charge < -0.3 is 10.4 Å². The van der Waals surface area contributed by atoms with Crippen LogP contribution in [-0.4, -0.2) is 24.2 Å². The van der Waals surface area contributed by atoms with Crippen molar-refractivity contribution in [2.24, 2.45) is 0 Å². The number of hydrogen-bond acceptors (Lipinski definition) is 2. The molecule has 0 aliphatic heterocycles. The Morgan fingerprint density at radius 2 is 1.81 bits per heavy atom. The van der Waals surface area contributed by atoms with Crippen molar-refractivity contribution < 1.29 is 14.7 Å². The van der Waals surface area contributed by atoms with Gasteiger partial charge in [0.25, 0.3) is 0 Å². The second-order valence-corrected chi connectivity index (χ2v) is 4.73. The third-order valence-electron chi connectivity index (χ3n) is 2.90. The monoisotopic (exact) mass is 304 g/mol. The van der Waals surface area contributed by atoms with Crippen LogP contribution in [0.2, 0.25) is 5.02 Å². The molecule has 21 heavy (non-hydrogen) atoms. The molecule has 0 atom stereocenters. The van der Waals surface area contributed by atoms with Crippen LogP contribution in [0.4, 0.5) is 16.2 Å². The number of carbonyl (C=O) groups excluding carboxylic acids is 1. The molecule has 6 heteroatoms. The Kier molecular flexibility index (Phi) is 4.45. The first-order chi connectivity index (χ1) is 9.99. The van der Waals surface area contributed by atoms with Crippen molar-refractivity contribution in [1.82, 2.24) is 0 Å². The molecule has 5 nitrogen and oxygen atoms in total. The topological polar surface area (TPSA) is 69.6 Å².